The fourth-order valence-electron chi connectivity index (χ4n) is 1.49. The number of carbonyl (C=O) groups excluding carboxylic acids is 1. The maximum atomic E-state index is 11.6. The number of nitrogens with zero attached hydrogens (tertiary/aromatic N) is 2. The standard InChI is InChI=1S/C14H24N4O2S.HI/c1-18(2)13(19)11-17-14(16-8-9-20-3)15-7-6-12-5-4-10-21-12;/h4-5,10H,6-9,11H2,1-3H3,(H2,15,16,17);1H. The number of carbonyl (C=O) groups is 1. The Balaban J connectivity index is 0.00000441. The highest BCUT2D eigenvalue weighted by Gasteiger charge is 2.04. The van der Waals surface area contributed by atoms with Gasteiger partial charge in [0.1, 0.15) is 6.54 Å². The third-order valence-corrected chi connectivity index (χ3v) is 3.65. The lowest BCUT2D eigenvalue weighted by atomic mass is 10.3. The Bertz CT molecular complexity index is 438. The zero-order valence-corrected chi connectivity index (χ0v) is 16.4. The van der Waals surface area contributed by atoms with Gasteiger partial charge in [0.15, 0.2) is 5.96 Å². The monoisotopic (exact) mass is 440 g/mol. The number of rotatable bonds is 8. The number of hydrogen-bond acceptors (Lipinski definition) is 4. The minimum absolute atomic E-state index is 0. The van der Waals surface area contributed by atoms with Crippen LogP contribution in [0.4, 0.5) is 0 Å². The number of halogens is 1. The maximum absolute atomic E-state index is 11.6. The zero-order valence-electron chi connectivity index (χ0n) is 13.3. The van der Waals surface area contributed by atoms with Gasteiger partial charge < -0.3 is 20.3 Å². The van der Waals surface area contributed by atoms with Crippen molar-refractivity contribution in [3.8, 4) is 0 Å². The third kappa shape index (κ3) is 9.21. The molecule has 0 fully saturated rings. The first kappa shape index (κ1) is 21.1. The number of likely N-dealkylation sites (N-methyl/N-ethyl adjacent to an activating group) is 1. The molecular formula is C14H25IN4O2S. The molecule has 1 aromatic heterocycles. The Hall–Kier alpha value is -0.870. The second-order valence-electron chi connectivity index (χ2n) is 4.63. The van der Waals surface area contributed by atoms with Gasteiger partial charge in [0, 0.05) is 39.2 Å². The van der Waals surface area contributed by atoms with Gasteiger partial charge in [0.05, 0.1) is 6.61 Å². The average molecular weight is 440 g/mol. The lowest BCUT2D eigenvalue weighted by molar-refractivity contribution is -0.127. The van der Waals surface area contributed by atoms with Gasteiger partial charge in [0.2, 0.25) is 5.91 Å². The van der Waals surface area contributed by atoms with E-state index in [0.29, 0.717) is 19.1 Å². The SMILES string of the molecule is COCCNC(=NCC(=O)N(C)C)NCCc1cccs1.I. The van der Waals surface area contributed by atoms with E-state index in [1.54, 1.807) is 32.5 Å². The Morgan fingerprint density at radius 3 is 2.68 bits per heavy atom. The predicted molar refractivity (Wildman–Crippen MR) is 102 cm³/mol. The average Bonchev–Trinajstić information content (AvgIpc) is 2.97. The first-order chi connectivity index (χ1) is 10.1. The van der Waals surface area contributed by atoms with E-state index in [-0.39, 0.29) is 36.4 Å². The van der Waals surface area contributed by atoms with Crippen LogP contribution in [0, 0.1) is 0 Å². The summed E-state index contributed by atoms with van der Waals surface area (Å²) < 4.78 is 5.00. The molecule has 0 unspecified atom stereocenters. The minimum Gasteiger partial charge on any atom is -0.383 e. The van der Waals surface area contributed by atoms with Crippen LogP contribution in [0.15, 0.2) is 22.5 Å². The smallest absolute Gasteiger partial charge is 0.243 e. The number of thiophene rings is 1. The van der Waals surface area contributed by atoms with Gasteiger partial charge in [-0.3, -0.25) is 4.79 Å². The van der Waals surface area contributed by atoms with Crippen LogP contribution < -0.4 is 10.6 Å². The van der Waals surface area contributed by atoms with Gasteiger partial charge in [-0.25, -0.2) is 4.99 Å². The molecule has 1 rings (SSSR count). The van der Waals surface area contributed by atoms with E-state index in [1.165, 1.54) is 9.78 Å². The highest BCUT2D eigenvalue weighted by Crippen LogP contribution is 2.07. The fraction of sp³-hybridized carbons (Fsp3) is 0.571. The van der Waals surface area contributed by atoms with E-state index < -0.39 is 0 Å². The van der Waals surface area contributed by atoms with Gasteiger partial charge in [-0.05, 0) is 17.9 Å². The summed E-state index contributed by atoms with van der Waals surface area (Å²) in [6.45, 7) is 2.15. The van der Waals surface area contributed by atoms with Crippen molar-refractivity contribution in [1.29, 1.82) is 0 Å². The normalized spacial score (nSPS) is 10.8. The molecule has 6 nitrogen and oxygen atoms in total. The summed E-state index contributed by atoms with van der Waals surface area (Å²) in [5, 5.41) is 8.44. The first-order valence-corrected chi connectivity index (χ1v) is 7.75. The highest BCUT2D eigenvalue weighted by molar-refractivity contribution is 14.0. The molecule has 22 heavy (non-hydrogen) atoms. The van der Waals surface area contributed by atoms with Crippen molar-refractivity contribution in [3.05, 3.63) is 22.4 Å². The number of nitrogens with one attached hydrogen (secondary N) is 2. The molecule has 0 aromatic carbocycles. The molecule has 1 heterocycles. The number of ether oxygens (including phenoxy) is 1. The molecule has 8 heteroatoms. The van der Waals surface area contributed by atoms with Crippen molar-refractivity contribution < 1.29 is 9.53 Å². The Labute approximate surface area is 153 Å². The van der Waals surface area contributed by atoms with E-state index in [4.69, 9.17) is 4.74 Å². The van der Waals surface area contributed by atoms with E-state index >= 15 is 0 Å². The molecule has 1 aromatic rings. The number of aliphatic imine (C=N–C) groups is 1. The van der Waals surface area contributed by atoms with Crippen molar-refractivity contribution in [2.45, 2.75) is 6.42 Å². The molecule has 0 saturated heterocycles. The minimum atomic E-state index is -0.0268. The molecular weight excluding hydrogens is 415 g/mol. The van der Waals surface area contributed by atoms with Gasteiger partial charge in [0.25, 0.3) is 0 Å². The summed E-state index contributed by atoms with van der Waals surface area (Å²) in [7, 11) is 5.10. The van der Waals surface area contributed by atoms with E-state index in [0.717, 1.165) is 13.0 Å². The molecule has 0 radical (unpaired) electrons. The lowest BCUT2D eigenvalue weighted by Gasteiger charge is -2.13. The zero-order chi connectivity index (χ0) is 15.5. The second kappa shape index (κ2) is 12.7. The van der Waals surface area contributed by atoms with Crippen LogP contribution in [0.2, 0.25) is 0 Å². The molecule has 0 aliphatic rings. The predicted octanol–water partition coefficient (Wildman–Crippen LogP) is 1.18. The van der Waals surface area contributed by atoms with Crippen LogP contribution in [0.1, 0.15) is 4.88 Å². The summed E-state index contributed by atoms with van der Waals surface area (Å²) in [6, 6.07) is 4.15. The number of methoxy groups -OCH3 is 1. The first-order valence-electron chi connectivity index (χ1n) is 6.87. The number of amides is 1. The molecule has 0 saturated carbocycles. The van der Waals surface area contributed by atoms with Crippen molar-refractivity contribution in [1.82, 2.24) is 15.5 Å². The van der Waals surface area contributed by atoms with Crippen LogP contribution in [0.3, 0.4) is 0 Å². The van der Waals surface area contributed by atoms with Gasteiger partial charge >= 0.3 is 0 Å². The van der Waals surface area contributed by atoms with Crippen molar-refractivity contribution in [3.63, 3.8) is 0 Å². The Kier molecular flexibility index (Phi) is 12.2. The van der Waals surface area contributed by atoms with Gasteiger partial charge in [-0.1, -0.05) is 6.07 Å². The van der Waals surface area contributed by atoms with Crippen LogP contribution in [0.25, 0.3) is 0 Å². The molecule has 1 amide bonds. The molecule has 0 aliphatic carbocycles. The van der Waals surface area contributed by atoms with Crippen molar-refractivity contribution >= 4 is 47.2 Å². The van der Waals surface area contributed by atoms with Crippen LogP contribution in [-0.4, -0.2) is 64.2 Å². The van der Waals surface area contributed by atoms with Gasteiger partial charge in [-0.2, -0.15) is 0 Å². The summed E-state index contributed by atoms with van der Waals surface area (Å²) in [6.07, 6.45) is 0.935. The van der Waals surface area contributed by atoms with Crippen LogP contribution >= 0.6 is 35.3 Å². The summed E-state index contributed by atoms with van der Waals surface area (Å²) in [4.78, 5) is 18.7. The molecule has 126 valence electrons. The summed E-state index contributed by atoms with van der Waals surface area (Å²) >= 11 is 1.74. The van der Waals surface area contributed by atoms with E-state index in [9.17, 15) is 4.79 Å². The lowest BCUT2D eigenvalue weighted by Crippen LogP contribution is -2.40. The quantitative estimate of drug-likeness (QED) is 0.276. The largest absolute Gasteiger partial charge is 0.383 e. The number of guanidine groups is 1. The summed E-state index contributed by atoms with van der Waals surface area (Å²) in [5.41, 5.74) is 0. The third-order valence-electron chi connectivity index (χ3n) is 2.71. The summed E-state index contributed by atoms with van der Waals surface area (Å²) in [5.74, 6) is 0.611. The second-order valence-corrected chi connectivity index (χ2v) is 5.66. The topological polar surface area (TPSA) is 66.0 Å². The molecule has 0 spiro atoms. The van der Waals surface area contributed by atoms with Crippen LogP contribution in [0.5, 0.6) is 0 Å². The van der Waals surface area contributed by atoms with Crippen molar-refractivity contribution in [2.75, 3.05) is 47.4 Å². The van der Waals surface area contributed by atoms with Crippen LogP contribution in [-0.2, 0) is 16.0 Å². The molecule has 0 aliphatic heterocycles. The van der Waals surface area contributed by atoms with E-state index in [2.05, 4.69) is 27.1 Å². The highest BCUT2D eigenvalue weighted by atomic mass is 127. The maximum Gasteiger partial charge on any atom is 0.243 e. The molecule has 0 atom stereocenters. The van der Waals surface area contributed by atoms with Crippen molar-refractivity contribution in [2.24, 2.45) is 4.99 Å². The fourth-order valence-corrected chi connectivity index (χ4v) is 2.20. The number of hydrogen-bond donors (Lipinski definition) is 2. The Morgan fingerprint density at radius 2 is 2.09 bits per heavy atom. The molecule has 0 bridgehead atoms. The molecule has 2 N–H and O–H groups in total. The van der Waals surface area contributed by atoms with E-state index in [1.807, 2.05) is 6.07 Å². The van der Waals surface area contributed by atoms with Gasteiger partial charge in [-0.15, -0.1) is 35.3 Å². The Morgan fingerprint density at radius 1 is 1.36 bits per heavy atom.